The topological polar surface area (TPSA) is 114 Å². The zero-order chi connectivity index (χ0) is 22.0. The number of nitrogens with zero attached hydrogens (tertiary/aromatic N) is 4. The molecule has 0 aliphatic heterocycles. The van der Waals surface area contributed by atoms with Gasteiger partial charge in [0.1, 0.15) is 0 Å². The number of nitro benzene ring substituents is 1. The third kappa shape index (κ3) is 4.55. The van der Waals surface area contributed by atoms with Crippen LogP contribution in [0.2, 0.25) is 10.0 Å². The van der Waals surface area contributed by atoms with Crippen LogP contribution in [0.15, 0.2) is 54.7 Å². The van der Waals surface area contributed by atoms with Gasteiger partial charge in [0.05, 0.1) is 31.6 Å². The average molecular weight is 454 g/mol. The molecule has 0 unspecified atom stereocenters. The Balaban J connectivity index is 1.82. The molecule has 0 aliphatic rings. The van der Waals surface area contributed by atoms with E-state index in [1.807, 2.05) is 6.07 Å². The molecule has 2 aromatic heterocycles. The van der Waals surface area contributed by atoms with Crippen molar-refractivity contribution in [3.05, 3.63) is 86.1 Å². The quantitative estimate of drug-likeness (QED) is 0.287. The molecule has 4 aromatic rings. The van der Waals surface area contributed by atoms with Gasteiger partial charge in [0.15, 0.2) is 0 Å². The van der Waals surface area contributed by atoms with Crippen LogP contribution >= 0.6 is 23.2 Å². The van der Waals surface area contributed by atoms with Crippen molar-refractivity contribution in [2.45, 2.75) is 0 Å². The number of benzene rings is 2. The lowest BCUT2D eigenvalue weighted by Crippen LogP contribution is -2.00. The second-order valence-electron chi connectivity index (χ2n) is 6.40. The predicted octanol–water partition coefficient (Wildman–Crippen LogP) is 5.86. The van der Waals surface area contributed by atoms with E-state index in [9.17, 15) is 15.2 Å². The summed E-state index contributed by atoms with van der Waals surface area (Å²) >= 11 is 12.0. The summed E-state index contributed by atoms with van der Waals surface area (Å²) < 4.78 is 0. The molecule has 10 heteroatoms. The van der Waals surface area contributed by atoms with Crippen LogP contribution in [0, 0.1) is 10.1 Å². The summed E-state index contributed by atoms with van der Waals surface area (Å²) in [5, 5.41) is 25.6. The fraction of sp³-hybridized carbons (Fsp3) is 0. The van der Waals surface area contributed by atoms with Gasteiger partial charge in [-0.3, -0.25) is 15.1 Å². The highest BCUT2D eigenvalue weighted by Gasteiger charge is 2.16. The van der Waals surface area contributed by atoms with Gasteiger partial charge in [-0.15, -0.1) is 0 Å². The van der Waals surface area contributed by atoms with E-state index in [1.165, 1.54) is 12.1 Å². The highest BCUT2D eigenvalue weighted by atomic mass is 35.5. The van der Waals surface area contributed by atoms with Crippen LogP contribution in [0.1, 0.15) is 11.3 Å². The number of pyridine rings is 1. The maximum Gasteiger partial charge on any atom is 0.270 e. The van der Waals surface area contributed by atoms with Crippen molar-refractivity contribution in [3.63, 3.8) is 0 Å². The molecule has 31 heavy (non-hydrogen) atoms. The SMILES string of the molecule is O=[N+]([O-])c1cc(C=Cc2ccccn2)c2nc(Nc3ccc(Cl)c(Cl)c3)nc(O)c2c1. The summed E-state index contributed by atoms with van der Waals surface area (Å²) in [6, 6.07) is 12.9. The van der Waals surface area contributed by atoms with Gasteiger partial charge in [0, 0.05) is 29.6 Å². The summed E-state index contributed by atoms with van der Waals surface area (Å²) in [5.41, 5.74) is 1.77. The molecule has 8 nitrogen and oxygen atoms in total. The molecule has 2 aromatic carbocycles. The summed E-state index contributed by atoms with van der Waals surface area (Å²) in [6.07, 6.45) is 4.98. The smallest absolute Gasteiger partial charge is 0.270 e. The average Bonchev–Trinajstić information content (AvgIpc) is 2.75. The van der Waals surface area contributed by atoms with Gasteiger partial charge >= 0.3 is 0 Å². The van der Waals surface area contributed by atoms with Gasteiger partial charge in [0.25, 0.3) is 5.69 Å². The first-order valence-corrected chi connectivity index (χ1v) is 9.66. The lowest BCUT2D eigenvalue weighted by Gasteiger charge is -2.09. The summed E-state index contributed by atoms with van der Waals surface area (Å²) in [5.74, 6) is -0.312. The monoisotopic (exact) mass is 453 g/mol. The van der Waals surface area contributed by atoms with Crippen molar-refractivity contribution >= 4 is 63.6 Å². The second kappa shape index (κ2) is 8.55. The lowest BCUT2D eigenvalue weighted by molar-refractivity contribution is -0.384. The Morgan fingerprint density at radius 2 is 1.87 bits per heavy atom. The Morgan fingerprint density at radius 1 is 1.03 bits per heavy atom. The molecule has 154 valence electrons. The minimum absolute atomic E-state index is 0.0877. The molecule has 4 rings (SSSR count). The molecule has 0 spiro atoms. The van der Waals surface area contributed by atoms with Crippen molar-refractivity contribution in [1.82, 2.24) is 15.0 Å². The molecule has 2 N–H and O–H groups in total. The van der Waals surface area contributed by atoms with Crippen LogP contribution in [0.4, 0.5) is 17.3 Å². The highest BCUT2D eigenvalue weighted by Crippen LogP contribution is 2.32. The zero-order valence-electron chi connectivity index (χ0n) is 15.7. The number of halogens is 2. The van der Waals surface area contributed by atoms with Crippen molar-refractivity contribution in [3.8, 4) is 5.88 Å². The normalized spacial score (nSPS) is 11.2. The Hall–Kier alpha value is -3.75. The van der Waals surface area contributed by atoms with E-state index >= 15 is 0 Å². The van der Waals surface area contributed by atoms with Crippen LogP contribution in [-0.2, 0) is 0 Å². The van der Waals surface area contributed by atoms with Crippen molar-refractivity contribution in [2.24, 2.45) is 0 Å². The molecule has 0 aliphatic carbocycles. The molecule has 0 amide bonds. The maximum atomic E-state index is 11.4. The maximum absolute atomic E-state index is 11.4. The third-order valence-corrected chi connectivity index (χ3v) is 5.04. The number of hydrogen-bond donors (Lipinski definition) is 2. The van der Waals surface area contributed by atoms with Crippen LogP contribution in [0.3, 0.4) is 0 Å². The Kier molecular flexibility index (Phi) is 5.66. The standard InChI is InChI=1S/C21H13Cl2N5O3/c22-17-7-6-14(10-18(17)23)25-21-26-19-12(4-5-13-3-1-2-8-24-13)9-15(28(30)31)11-16(19)20(29)27-21/h1-11H,(H2,25,26,27,29). The van der Waals surface area contributed by atoms with Gasteiger partial charge in [-0.2, -0.15) is 4.98 Å². The molecule has 0 bridgehead atoms. The van der Waals surface area contributed by atoms with Crippen LogP contribution in [-0.4, -0.2) is 25.0 Å². The Bertz CT molecular complexity index is 1330. The van der Waals surface area contributed by atoms with E-state index in [1.54, 1.807) is 48.7 Å². The van der Waals surface area contributed by atoms with Gasteiger partial charge in [-0.05, 0) is 36.4 Å². The molecule has 2 heterocycles. The first-order valence-electron chi connectivity index (χ1n) is 8.91. The number of nitrogens with one attached hydrogen (secondary N) is 1. The number of rotatable bonds is 5. The molecular weight excluding hydrogens is 441 g/mol. The number of nitro groups is 1. The highest BCUT2D eigenvalue weighted by molar-refractivity contribution is 6.42. The van der Waals surface area contributed by atoms with Crippen molar-refractivity contribution in [2.75, 3.05) is 5.32 Å². The molecular formula is C21H13Cl2N5O3. The van der Waals surface area contributed by atoms with E-state index in [4.69, 9.17) is 23.2 Å². The first-order chi connectivity index (χ1) is 14.9. The number of aromatic hydroxyl groups is 1. The van der Waals surface area contributed by atoms with Gasteiger partial charge in [-0.1, -0.05) is 35.3 Å². The van der Waals surface area contributed by atoms with Gasteiger partial charge < -0.3 is 10.4 Å². The number of anilines is 2. The minimum atomic E-state index is -0.543. The number of fused-ring (bicyclic) bond motifs is 1. The Labute approximate surface area is 186 Å². The van der Waals surface area contributed by atoms with Crippen molar-refractivity contribution in [1.29, 1.82) is 0 Å². The Morgan fingerprint density at radius 3 is 2.58 bits per heavy atom. The van der Waals surface area contributed by atoms with Gasteiger partial charge in [0.2, 0.25) is 11.8 Å². The molecule has 0 saturated heterocycles. The predicted molar refractivity (Wildman–Crippen MR) is 121 cm³/mol. The van der Waals surface area contributed by atoms with Crippen molar-refractivity contribution < 1.29 is 10.0 Å². The molecule has 0 radical (unpaired) electrons. The second-order valence-corrected chi connectivity index (χ2v) is 7.22. The fourth-order valence-electron chi connectivity index (χ4n) is 2.87. The van der Waals surface area contributed by atoms with Crippen LogP contribution in [0.25, 0.3) is 23.1 Å². The number of aromatic nitrogens is 3. The van der Waals surface area contributed by atoms with E-state index in [2.05, 4.69) is 20.3 Å². The van der Waals surface area contributed by atoms with Gasteiger partial charge in [-0.25, -0.2) is 4.98 Å². The molecule has 0 fully saturated rings. The van der Waals surface area contributed by atoms with Crippen LogP contribution in [0.5, 0.6) is 5.88 Å². The number of hydrogen-bond acceptors (Lipinski definition) is 7. The third-order valence-electron chi connectivity index (χ3n) is 4.30. The molecule has 0 atom stereocenters. The van der Waals surface area contributed by atoms with E-state index < -0.39 is 10.8 Å². The van der Waals surface area contributed by atoms with E-state index in [-0.39, 0.29) is 17.0 Å². The first kappa shape index (κ1) is 20.5. The number of non-ortho nitro benzene ring substituents is 1. The summed E-state index contributed by atoms with van der Waals surface area (Å²) in [6.45, 7) is 0. The fourth-order valence-corrected chi connectivity index (χ4v) is 3.17. The molecule has 0 saturated carbocycles. The summed E-state index contributed by atoms with van der Waals surface area (Å²) in [7, 11) is 0. The van der Waals surface area contributed by atoms with E-state index in [0.29, 0.717) is 32.5 Å². The van der Waals surface area contributed by atoms with Crippen LogP contribution < -0.4 is 5.32 Å². The minimum Gasteiger partial charge on any atom is -0.493 e. The largest absolute Gasteiger partial charge is 0.493 e. The van der Waals surface area contributed by atoms with E-state index in [0.717, 1.165) is 0 Å². The lowest BCUT2D eigenvalue weighted by atomic mass is 10.1. The summed E-state index contributed by atoms with van der Waals surface area (Å²) in [4.78, 5) is 23.5. The zero-order valence-corrected chi connectivity index (χ0v) is 17.2.